The van der Waals surface area contributed by atoms with Gasteiger partial charge in [0.2, 0.25) is 0 Å². The molecule has 0 saturated carbocycles. The zero-order chi connectivity index (χ0) is 7.40. The summed E-state index contributed by atoms with van der Waals surface area (Å²) in [5.74, 6) is 1.07. The molecule has 0 fully saturated rings. The largest absolute Gasteiger partial charge is 0.0654 e. The van der Waals surface area contributed by atoms with Gasteiger partial charge in [0.15, 0.2) is 0 Å². The molecular weight excluding hydrogens is 158 g/mol. The summed E-state index contributed by atoms with van der Waals surface area (Å²) in [7, 11) is 3.43. The summed E-state index contributed by atoms with van der Waals surface area (Å²) >= 11 is 0. The monoisotopic (exact) mass is 174 g/mol. The maximum atomic E-state index is 2.30. The van der Waals surface area contributed by atoms with Crippen molar-refractivity contribution < 1.29 is 0 Å². The van der Waals surface area contributed by atoms with E-state index in [2.05, 4.69) is 13.8 Å². The molecule has 0 aromatic carbocycles. The average molecular weight is 174 g/mol. The summed E-state index contributed by atoms with van der Waals surface area (Å²) in [5, 5.41) is 1.08. The molecule has 58 valence electrons. The van der Waals surface area contributed by atoms with Crippen LogP contribution >= 0.6 is 15.7 Å². The molecular formula is C8H16P2. The topological polar surface area (TPSA) is 0 Å². The lowest BCUT2D eigenvalue weighted by Crippen LogP contribution is -2.03. The van der Waals surface area contributed by atoms with Gasteiger partial charge < -0.3 is 0 Å². The van der Waals surface area contributed by atoms with Crippen molar-refractivity contribution in [3.05, 3.63) is 0 Å². The fourth-order valence-corrected chi connectivity index (χ4v) is 3.82. The molecule has 0 atom stereocenters. The van der Waals surface area contributed by atoms with Crippen molar-refractivity contribution in [3.8, 4) is 0 Å². The Morgan fingerprint density at radius 2 is 1.60 bits per heavy atom. The maximum absolute atomic E-state index is 2.30. The predicted molar refractivity (Wildman–Crippen MR) is 50.9 cm³/mol. The molecule has 1 aliphatic heterocycles. The van der Waals surface area contributed by atoms with Crippen LogP contribution in [-0.2, 0) is 0 Å². The summed E-state index contributed by atoms with van der Waals surface area (Å²) in [5.41, 5.74) is 0. The number of hydrogen-bond donors (Lipinski definition) is 0. The summed E-state index contributed by atoms with van der Waals surface area (Å²) in [6, 6.07) is 0. The molecule has 0 aliphatic carbocycles. The molecule has 1 rings (SSSR count). The van der Waals surface area contributed by atoms with E-state index >= 15 is 0 Å². The Morgan fingerprint density at radius 3 is 1.90 bits per heavy atom. The second kappa shape index (κ2) is 4.47. The minimum atomic E-state index is 1.07. The van der Waals surface area contributed by atoms with Crippen LogP contribution in [0.1, 0.15) is 39.5 Å². The van der Waals surface area contributed by atoms with Crippen molar-refractivity contribution in [2.24, 2.45) is 5.92 Å². The van der Waals surface area contributed by atoms with Gasteiger partial charge in [0.05, 0.1) is 5.40 Å². The van der Waals surface area contributed by atoms with Crippen LogP contribution in [-0.4, -0.2) is 5.40 Å². The van der Waals surface area contributed by atoms with E-state index in [1.165, 1.54) is 25.7 Å². The number of hydrogen-bond acceptors (Lipinski definition) is 0. The van der Waals surface area contributed by atoms with Crippen molar-refractivity contribution in [1.29, 1.82) is 0 Å². The van der Waals surface area contributed by atoms with Gasteiger partial charge in [-0.2, -0.15) is 0 Å². The first kappa shape index (κ1) is 8.69. The van der Waals surface area contributed by atoms with E-state index in [1.54, 1.807) is 15.7 Å². The fourth-order valence-electron chi connectivity index (χ4n) is 1.41. The van der Waals surface area contributed by atoms with Crippen molar-refractivity contribution in [1.82, 2.24) is 0 Å². The minimum absolute atomic E-state index is 1.07. The molecule has 0 bridgehead atoms. The Balaban J connectivity index is 2.14. The van der Waals surface area contributed by atoms with E-state index in [4.69, 9.17) is 0 Å². The van der Waals surface area contributed by atoms with Crippen LogP contribution in [0.25, 0.3) is 0 Å². The zero-order valence-corrected chi connectivity index (χ0v) is 8.67. The van der Waals surface area contributed by atoms with E-state index < -0.39 is 0 Å². The van der Waals surface area contributed by atoms with Crippen LogP contribution in [0.2, 0.25) is 0 Å². The van der Waals surface area contributed by atoms with Gasteiger partial charge in [-0.25, -0.2) is 0 Å². The molecule has 0 saturated heterocycles. The molecule has 0 amide bonds. The highest BCUT2D eigenvalue weighted by atomic mass is 31.8. The second-order valence-corrected chi connectivity index (χ2v) is 6.35. The molecule has 0 N–H and O–H groups in total. The minimum Gasteiger partial charge on any atom is -0.0654 e. The fraction of sp³-hybridized carbons (Fsp3) is 1.00. The summed E-state index contributed by atoms with van der Waals surface area (Å²) < 4.78 is 0. The Bertz CT molecular complexity index is 108. The molecule has 1 heterocycles. The van der Waals surface area contributed by atoms with Crippen molar-refractivity contribution in [3.63, 3.8) is 0 Å². The highest BCUT2D eigenvalue weighted by Crippen LogP contribution is 2.54. The van der Waals surface area contributed by atoms with Crippen molar-refractivity contribution in [2.45, 2.75) is 44.9 Å². The van der Waals surface area contributed by atoms with Crippen LogP contribution in [0.3, 0.4) is 0 Å². The SMILES string of the molecule is CCCC(CCC)C1P=P1. The van der Waals surface area contributed by atoms with E-state index in [9.17, 15) is 0 Å². The van der Waals surface area contributed by atoms with E-state index in [-0.39, 0.29) is 0 Å². The number of rotatable bonds is 5. The lowest BCUT2D eigenvalue weighted by Gasteiger charge is -2.11. The average Bonchev–Trinajstić information content (AvgIpc) is 2.69. The van der Waals surface area contributed by atoms with Gasteiger partial charge in [0.25, 0.3) is 0 Å². The molecule has 0 aromatic heterocycles. The van der Waals surface area contributed by atoms with E-state index in [0.717, 1.165) is 11.3 Å². The maximum Gasteiger partial charge on any atom is 0.0536 e. The highest BCUT2D eigenvalue weighted by molar-refractivity contribution is 8.02. The summed E-state index contributed by atoms with van der Waals surface area (Å²) in [6.45, 7) is 4.61. The first-order chi connectivity index (χ1) is 4.88. The van der Waals surface area contributed by atoms with Crippen LogP contribution < -0.4 is 0 Å². The molecule has 0 radical (unpaired) electrons. The van der Waals surface area contributed by atoms with Gasteiger partial charge in [-0.15, -0.1) is 0 Å². The van der Waals surface area contributed by atoms with Gasteiger partial charge in [-0.3, -0.25) is 0 Å². The predicted octanol–water partition coefficient (Wildman–Crippen LogP) is 4.35. The van der Waals surface area contributed by atoms with Crippen LogP contribution in [0, 0.1) is 5.92 Å². The van der Waals surface area contributed by atoms with E-state index in [1.807, 2.05) is 0 Å². The summed E-state index contributed by atoms with van der Waals surface area (Å²) in [4.78, 5) is 0. The molecule has 0 unspecified atom stereocenters. The Kier molecular flexibility index (Phi) is 3.89. The molecule has 2 heteroatoms. The highest BCUT2D eigenvalue weighted by Gasteiger charge is 2.23. The van der Waals surface area contributed by atoms with E-state index in [0.29, 0.717) is 0 Å². The van der Waals surface area contributed by atoms with Gasteiger partial charge in [0.1, 0.15) is 0 Å². The first-order valence-electron chi connectivity index (χ1n) is 4.28. The Hall–Kier alpha value is 0.600. The Labute approximate surface area is 67.2 Å². The quantitative estimate of drug-likeness (QED) is 0.543. The van der Waals surface area contributed by atoms with Crippen LogP contribution in [0.5, 0.6) is 0 Å². The van der Waals surface area contributed by atoms with Crippen molar-refractivity contribution >= 4 is 15.7 Å². The Morgan fingerprint density at radius 1 is 1.10 bits per heavy atom. The lowest BCUT2D eigenvalue weighted by atomic mass is 10.0. The summed E-state index contributed by atoms with van der Waals surface area (Å²) in [6.07, 6.45) is 5.70. The molecule has 1 aliphatic rings. The van der Waals surface area contributed by atoms with Crippen LogP contribution in [0.4, 0.5) is 0 Å². The van der Waals surface area contributed by atoms with Gasteiger partial charge in [-0.1, -0.05) is 42.4 Å². The third kappa shape index (κ3) is 2.69. The smallest absolute Gasteiger partial charge is 0.0536 e. The standard InChI is InChI=1S/C8H16P2/c1-3-5-7(6-4-2)8-9-10-8/h7-8H,3-6H2,1-2H3. The molecule has 0 nitrogen and oxygen atoms in total. The van der Waals surface area contributed by atoms with Crippen molar-refractivity contribution in [2.75, 3.05) is 0 Å². The molecule has 10 heavy (non-hydrogen) atoms. The third-order valence-corrected chi connectivity index (χ3v) is 4.82. The van der Waals surface area contributed by atoms with Crippen LogP contribution in [0.15, 0.2) is 0 Å². The second-order valence-electron chi connectivity index (χ2n) is 2.98. The zero-order valence-electron chi connectivity index (χ0n) is 6.88. The molecule has 0 spiro atoms. The lowest BCUT2D eigenvalue weighted by molar-refractivity contribution is 0.476. The normalized spacial score (nSPS) is 25.3. The molecule has 0 aromatic rings. The first-order valence-corrected chi connectivity index (χ1v) is 6.91. The third-order valence-electron chi connectivity index (χ3n) is 1.99. The van der Waals surface area contributed by atoms with Gasteiger partial charge in [0, 0.05) is 0 Å². The van der Waals surface area contributed by atoms with Gasteiger partial charge >= 0.3 is 0 Å². The van der Waals surface area contributed by atoms with Gasteiger partial charge in [-0.05, 0) is 18.8 Å².